The molecule has 1 aromatic heterocycles. The van der Waals surface area contributed by atoms with Crippen molar-refractivity contribution in [3.8, 4) is 5.69 Å². The summed E-state index contributed by atoms with van der Waals surface area (Å²) in [4.78, 5) is 12.7. The molecular formula is C29H26N6OS. The minimum absolute atomic E-state index is 0.213. The van der Waals surface area contributed by atoms with Crippen LogP contribution in [-0.2, 0) is 11.3 Å². The molecule has 0 aliphatic rings. The minimum Gasteiger partial charge on any atom is -0.377 e. The summed E-state index contributed by atoms with van der Waals surface area (Å²) >= 11 is 1.34. The molecule has 5 aromatic rings. The number of fused-ring (bicyclic) bond motifs is 1. The van der Waals surface area contributed by atoms with E-state index in [2.05, 4.69) is 50.3 Å². The van der Waals surface area contributed by atoms with Crippen LogP contribution in [0.4, 0.5) is 5.69 Å². The number of anilines is 1. The fourth-order valence-corrected chi connectivity index (χ4v) is 4.77. The molecule has 0 fully saturated rings. The molecule has 5 rings (SSSR count). The Labute approximate surface area is 219 Å². The number of hydrogen-bond acceptors (Lipinski definition) is 6. The van der Waals surface area contributed by atoms with Crippen molar-refractivity contribution in [1.29, 1.82) is 0 Å². The van der Waals surface area contributed by atoms with Crippen LogP contribution in [0.3, 0.4) is 0 Å². The van der Waals surface area contributed by atoms with Gasteiger partial charge in [-0.25, -0.2) is 5.43 Å². The largest absolute Gasteiger partial charge is 0.377 e. The summed E-state index contributed by atoms with van der Waals surface area (Å²) in [6.07, 6.45) is 1.62. The number of thioether (sulfide) groups is 1. The van der Waals surface area contributed by atoms with Gasteiger partial charge in [0.15, 0.2) is 11.0 Å². The first-order valence-electron chi connectivity index (χ1n) is 11.9. The molecule has 184 valence electrons. The number of hydrogen-bond donors (Lipinski definition) is 2. The van der Waals surface area contributed by atoms with Crippen molar-refractivity contribution < 1.29 is 4.79 Å². The quantitative estimate of drug-likeness (QED) is 0.153. The van der Waals surface area contributed by atoms with Crippen LogP contribution in [0.25, 0.3) is 16.5 Å². The van der Waals surface area contributed by atoms with Gasteiger partial charge >= 0.3 is 0 Å². The summed E-state index contributed by atoms with van der Waals surface area (Å²) in [6.45, 7) is 2.30. The Balaban J connectivity index is 1.33. The van der Waals surface area contributed by atoms with E-state index in [0.29, 0.717) is 11.7 Å². The number of carbonyl (C=O) groups is 1. The zero-order chi connectivity index (χ0) is 25.5. The number of carbonyl (C=O) groups excluding carboxylic acids is 1. The fourth-order valence-electron chi connectivity index (χ4n) is 3.89. The number of amides is 1. The average Bonchev–Trinajstić information content (AvgIpc) is 3.35. The van der Waals surface area contributed by atoms with E-state index in [0.717, 1.165) is 28.1 Å². The molecule has 37 heavy (non-hydrogen) atoms. The number of aromatic nitrogens is 3. The molecular weight excluding hydrogens is 480 g/mol. The number of para-hydroxylation sites is 1. The smallest absolute Gasteiger partial charge is 0.253 e. The van der Waals surface area contributed by atoms with E-state index in [4.69, 9.17) is 0 Å². The van der Waals surface area contributed by atoms with Gasteiger partial charge in [0, 0.05) is 16.8 Å². The highest BCUT2D eigenvalue weighted by Crippen LogP contribution is 2.27. The van der Waals surface area contributed by atoms with E-state index in [-0.39, 0.29) is 5.91 Å². The summed E-state index contributed by atoms with van der Waals surface area (Å²) in [5.41, 5.74) is 5.49. The molecule has 0 aliphatic heterocycles. The molecule has 0 unspecified atom stereocenters. The second-order valence-corrected chi connectivity index (χ2v) is 9.66. The molecule has 1 amide bonds. The average molecular weight is 507 g/mol. The molecule has 0 spiro atoms. The highest BCUT2D eigenvalue weighted by Gasteiger charge is 2.21. The zero-order valence-electron chi connectivity index (χ0n) is 20.3. The number of nitrogens with zero attached hydrogens (tertiary/aromatic N) is 4. The first kappa shape index (κ1) is 24.3. The summed E-state index contributed by atoms with van der Waals surface area (Å²) < 4.78 is 1.99. The molecule has 2 N–H and O–H groups in total. The first-order chi connectivity index (χ1) is 18.2. The molecule has 0 saturated heterocycles. The molecule has 0 aliphatic carbocycles. The van der Waals surface area contributed by atoms with Gasteiger partial charge in [0.05, 0.1) is 18.0 Å². The Morgan fingerprint density at radius 1 is 0.919 bits per heavy atom. The third kappa shape index (κ3) is 5.87. The maximum Gasteiger partial charge on any atom is 0.253 e. The summed E-state index contributed by atoms with van der Waals surface area (Å²) in [7, 11) is 0. The van der Waals surface area contributed by atoms with Crippen LogP contribution in [0.15, 0.2) is 113 Å². The zero-order valence-corrected chi connectivity index (χ0v) is 21.1. The molecule has 8 heteroatoms. The lowest BCUT2D eigenvalue weighted by atomic mass is 10.1. The molecule has 4 aromatic carbocycles. The topological polar surface area (TPSA) is 84.2 Å². The van der Waals surface area contributed by atoms with Crippen molar-refractivity contribution in [2.75, 3.05) is 5.32 Å². The summed E-state index contributed by atoms with van der Waals surface area (Å²) in [5, 5.41) is 19.0. The molecule has 7 nitrogen and oxygen atoms in total. The third-order valence-corrected chi connectivity index (χ3v) is 6.82. The highest BCUT2D eigenvalue weighted by atomic mass is 32.2. The predicted molar refractivity (Wildman–Crippen MR) is 150 cm³/mol. The maximum absolute atomic E-state index is 12.7. The van der Waals surface area contributed by atoms with Crippen LogP contribution < -0.4 is 10.7 Å². The Kier molecular flexibility index (Phi) is 7.57. The number of nitrogens with one attached hydrogen (secondary N) is 2. The fraction of sp³-hybridized carbons (Fsp3) is 0.103. The van der Waals surface area contributed by atoms with Gasteiger partial charge in [-0.3, -0.25) is 9.36 Å². The lowest BCUT2D eigenvalue weighted by Gasteiger charge is -2.14. The van der Waals surface area contributed by atoms with Crippen molar-refractivity contribution in [3.05, 3.63) is 115 Å². The van der Waals surface area contributed by atoms with Crippen LogP contribution in [0, 0.1) is 0 Å². The normalized spacial score (nSPS) is 12.0. The Morgan fingerprint density at radius 2 is 1.62 bits per heavy atom. The number of benzene rings is 4. The van der Waals surface area contributed by atoms with Crippen LogP contribution in [0.2, 0.25) is 0 Å². The van der Waals surface area contributed by atoms with Crippen LogP contribution in [-0.4, -0.2) is 32.1 Å². The maximum atomic E-state index is 12.7. The van der Waals surface area contributed by atoms with Crippen molar-refractivity contribution in [2.24, 2.45) is 5.10 Å². The van der Waals surface area contributed by atoms with E-state index < -0.39 is 5.25 Å². The molecule has 0 radical (unpaired) electrons. The third-order valence-electron chi connectivity index (χ3n) is 5.78. The highest BCUT2D eigenvalue weighted by molar-refractivity contribution is 8.00. The second-order valence-electron chi connectivity index (χ2n) is 8.36. The molecule has 0 saturated carbocycles. The molecule has 1 heterocycles. The standard InChI is InChI=1S/C29H26N6OS/c1-21(28(36)33-31-19-22-11-4-2-5-12-22)37-29-34-32-27(35(29)24-15-6-3-7-16-24)20-30-26-18-10-14-23-13-8-9-17-25(23)26/h2-19,21,30H,20H2,1H3,(H,33,36)/b31-19-/t21-/m0/s1. The van der Waals surface area contributed by atoms with E-state index in [1.54, 1.807) is 6.21 Å². The minimum atomic E-state index is -0.432. The van der Waals surface area contributed by atoms with Crippen LogP contribution >= 0.6 is 11.8 Å². The van der Waals surface area contributed by atoms with Gasteiger partial charge in [0.1, 0.15) is 0 Å². The van der Waals surface area contributed by atoms with Gasteiger partial charge < -0.3 is 5.32 Å². The predicted octanol–water partition coefficient (Wildman–Crippen LogP) is 5.66. The van der Waals surface area contributed by atoms with Crippen molar-refractivity contribution in [3.63, 3.8) is 0 Å². The Morgan fingerprint density at radius 3 is 2.43 bits per heavy atom. The van der Waals surface area contributed by atoms with Gasteiger partial charge in [-0.15, -0.1) is 10.2 Å². The van der Waals surface area contributed by atoms with Crippen molar-refractivity contribution in [1.82, 2.24) is 20.2 Å². The van der Waals surface area contributed by atoms with E-state index in [9.17, 15) is 4.79 Å². The van der Waals surface area contributed by atoms with Gasteiger partial charge in [-0.05, 0) is 36.1 Å². The molecule has 1 atom stereocenters. The lowest BCUT2D eigenvalue weighted by Crippen LogP contribution is -2.27. The monoisotopic (exact) mass is 506 g/mol. The Hall–Kier alpha value is -4.43. The van der Waals surface area contributed by atoms with E-state index in [1.807, 2.05) is 90.4 Å². The SMILES string of the molecule is C[C@H](Sc1nnc(CNc2cccc3ccccc23)n1-c1ccccc1)C(=O)N/N=C\c1ccccc1. The van der Waals surface area contributed by atoms with Crippen LogP contribution in [0.1, 0.15) is 18.3 Å². The lowest BCUT2D eigenvalue weighted by molar-refractivity contribution is -0.120. The van der Waals surface area contributed by atoms with Gasteiger partial charge in [0.2, 0.25) is 0 Å². The second kappa shape index (κ2) is 11.5. The number of rotatable bonds is 9. The van der Waals surface area contributed by atoms with Crippen molar-refractivity contribution >= 4 is 40.3 Å². The summed E-state index contributed by atoms with van der Waals surface area (Å²) in [5.74, 6) is 0.534. The molecule has 0 bridgehead atoms. The van der Waals surface area contributed by atoms with E-state index in [1.165, 1.54) is 17.1 Å². The number of hydrazone groups is 1. The van der Waals surface area contributed by atoms with Gasteiger partial charge in [0.25, 0.3) is 5.91 Å². The van der Waals surface area contributed by atoms with E-state index >= 15 is 0 Å². The first-order valence-corrected chi connectivity index (χ1v) is 12.8. The van der Waals surface area contributed by atoms with Crippen molar-refractivity contribution in [2.45, 2.75) is 23.9 Å². The summed E-state index contributed by atoms with van der Waals surface area (Å²) in [6, 6.07) is 34.0. The van der Waals surface area contributed by atoms with Gasteiger partial charge in [-0.2, -0.15) is 5.10 Å². The van der Waals surface area contributed by atoms with Crippen LogP contribution in [0.5, 0.6) is 0 Å². The Bertz CT molecular complexity index is 1510. The van der Waals surface area contributed by atoms with Gasteiger partial charge in [-0.1, -0.05) is 96.7 Å².